The van der Waals surface area contributed by atoms with Crippen LogP contribution in [0.2, 0.25) is 0 Å². The molecule has 1 aromatic rings. The molecule has 1 amide bonds. The van der Waals surface area contributed by atoms with Gasteiger partial charge in [0.25, 0.3) is 5.91 Å². The van der Waals surface area contributed by atoms with Crippen molar-refractivity contribution in [2.45, 2.75) is 13.0 Å². The summed E-state index contributed by atoms with van der Waals surface area (Å²) in [7, 11) is 3.68. The molecular weight excluding hydrogens is 256 g/mol. The summed E-state index contributed by atoms with van der Waals surface area (Å²) in [5, 5.41) is 0. The van der Waals surface area contributed by atoms with E-state index in [1.165, 1.54) is 0 Å². The van der Waals surface area contributed by atoms with E-state index < -0.39 is 6.10 Å². The van der Waals surface area contributed by atoms with Gasteiger partial charge in [0.05, 0.1) is 7.11 Å². The zero-order valence-corrected chi connectivity index (χ0v) is 12.3. The van der Waals surface area contributed by atoms with Crippen LogP contribution in [0.3, 0.4) is 0 Å². The van der Waals surface area contributed by atoms with Crippen LogP contribution in [0, 0.1) is 0 Å². The van der Waals surface area contributed by atoms with Gasteiger partial charge in [-0.3, -0.25) is 4.79 Å². The van der Waals surface area contributed by atoms with Crippen LogP contribution in [0.1, 0.15) is 6.92 Å². The average molecular weight is 278 g/mol. The van der Waals surface area contributed by atoms with Gasteiger partial charge < -0.3 is 19.3 Å². The number of amides is 1. The summed E-state index contributed by atoms with van der Waals surface area (Å²) in [6.45, 7) is 5.15. The fraction of sp³-hybridized carbons (Fsp3) is 0.533. The third kappa shape index (κ3) is 3.63. The molecule has 2 rings (SSSR count). The van der Waals surface area contributed by atoms with Gasteiger partial charge in [-0.05, 0) is 26.1 Å². The zero-order chi connectivity index (χ0) is 14.5. The molecule has 1 aliphatic rings. The predicted octanol–water partition coefficient (Wildman–Crippen LogP) is 1.24. The smallest absolute Gasteiger partial charge is 0.263 e. The highest BCUT2D eigenvalue weighted by Crippen LogP contribution is 2.20. The number of ether oxygens (including phenoxy) is 2. The lowest BCUT2D eigenvalue weighted by atomic mass is 10.2. The van der Waals surface area contributed by atoms with Gasteiger partial charge in [0.15, 0.2) is 6.10 Å². The van der Waals surface area contributed by atoms with Crippen molar-refractivity contribution in [1.29, 1.82) is 0 Å². The quantitative estimate of drug-likeness (QED) is 0.831. The molecule has 1 fully saturated rings. The summed E-state index contributed by atoms with van der Waals surface area (Å²) >= 11 is 0. The molecular formula is C15H22N2O3. The number of piperazine rings is 1. The Kier molecular flexibility index (Phi) is 4.84. The van der Waals surface area contributed by atoms with Crippen molar-refractivity contribution >= 4 is 5.91 Å². The Labute approximate surface area is 120 Å². The number of methoxy groups -OCH3 is 1. The second-order valence-electron chi connectivity index (χ2n) is 5.07. The highest BCUT2D eigenvalue weighted by Gasteiger charge is 2.24. The second kappa shape index (κ2) is 6.61. The number of hydrogen-bond acceptors (Lipinski definition) is 4. The molecule has 0 N–H and O–H groups in total. The van der Waals surface area contributed by atoms with E-state index in [-0.39, 0.29) is 5.91 Å². The van der Waals surface area contributed by atoms with E-state index in [1.54, 1.807) is 20.1 Å². The van der Waals surface area contributed by atoms with Gasteiger partial charge in [-0.15, -0.1) is 0 Å². The number of carbonyl (C=O) groups excluding carboxylic acids is 1. The minimum Gasteiger partial charge on any atom is -0.497 e. The summed E-state index contributed by atoms with van der Waals surface area (Å²) in [4.78, 5) is 16.4. The van der Waals surface area contributed by atoms with E-state index in [0.717, 1.165) is 31.9 Å². The topological polar surface area (TPSA) is 42.0 Å². The Bertz CT molecular complexity index is 456. The number of benzene rings is 1. The summed E-state index contributed by atoms with van der Waals surface area (Å²) < 4.78 is 10.9. The minimum absolute atomic E-state index is 0.0425. The lowest BCUT2D eigenvalue weighted by Gasteiger charge is -2.33. The van der Waals surface area contributed by atoms with E-state index in [4.69, 9.17) is 9.47 Å². The van der Waals surface area contributed by atoms with Crippen molar-refractivity contribution in [2.75, 3.05) is 40.3 Å². The first kappa shape index (κ1) is 14.7. The van der Waals surface area contributed by atoms with Crippen molar-refractivity contribution in [1.82, 2.24) is 9.80 Å². The van der Waals surface area contributed by atoms with Crippen molar-refractivity contribution < 1.29 is 14.3 Å². The lowest BCUT2D eigenvalue weighted by molar-refractivity contribution is -0.139. The molecule has 0 aromatic heterocycles. The fourth-order valence-electron chi connectivity index (χ4n) is 2.21. The van der Waals surface area contributed by atoms with Crippen LogP contribution in [0.25, 0.3) is 0 Å². The Balaban J connectivity index is 1.93. The first-order valence-corrected chi connectivity index (χ1v) is 6.88. The maximum absolute atomic E-state index is 12.3. The second-order valence-corrected chi connectivity index (χ2v) is 5.07. The molecule has 5 heteroatoms. The van der Waals surface area contributed by atoms with Gasteiger partial charge in [0, 0.05) is 32.2 Å². The van der Waals surface area contributed by atoms with Crippen LogP contribution >= 0.6 is 0 Å². The van der Waals surface area contributed by atoms with Crippen LogP contribution in [0.15, 0.2) is 24.3 Å². The molecule has 1 aliphatic heterocycles. The first-order valence-electron chi connectivity index (χ1n) is 6.88. The summed E-state index contributed by atoms with van der Waals surface area (Å²) in [6, 6.07) is 7.31. The number of hydrogen-bond donors (Lipinski definition) is 0. The number of nitrogens with zero attached hydrogens (tertiary/aromatic N) is 2. The molecule has 0 bridgehead atoms. The zero-order valence-electron chi connectivity index (χ0n) is 12.3. The summed E-state index contributed by atoms with van der Waals surface area (Å²) in [5.41, 5.74) is 0. The molecule has 1 atom stereocenters. The molecule has 1 aromatic carbocycles. The Morgan fingerprint density at radius 2 is 1.85 bits per heavy atom. The van der Waals surface area contributed by atoms with Gasteiger partial charge in [0.1, 0.15) is 11.5 Å². The molecule has 0 radical (unpaired) electrons. The van der Waals surface area contributed by atoms with Crippen LogP contribution in [-0.2, 0) is 4.79 Å². The monoisotopic (exact) mass is 278 g/mol. The van der Waals surface area contributed by atoms with Crippen LogP contribution in [0.5, 0.6) is 11.5 Å². The summed E-state index contributed by atoms with van der Waals surface area (Å²) in [5.74, 6) is 1.42. The summed E-state index contributed by atoms with van der Waals surface area (Å²) in [6.07, 6.45) is -0.481. The highest BCUT2D eigenvalue weighted by atomic mass is 16.5. The minimum atomic E-state index is -0.481. The molecule has 1 heterocycles. The van der Waals surface area contributed by atoms with Gasteiger partial charge in [-0.25, -0.2) is 0 Å². The van der Waals surface area contributed by atoms with E-state index >= 15 is 0 Å². The maximum atomic E-state index is 12.3. The third-order valence-corrected chi connectivity index (χ3v) is 3.52. The predicted molar refractivity (Wildman–Crippen MR) is 77.2 cm³/mol. The number of rotatable bonds is 4. The van der Waals surface area contributed by atoms with Crippen LogP contribution in [-0.4, -0.2) is 62.1 Å². The van der Waals surface area contributed by atoms with Crippen molar-refractivity contribution in [3.63, 3.8) is 0 Å². The van der Waals surface area contributed by atoms with Crippen molar-refractivity contribution in [2.24, 2.45) is 0 Å². The molecule has 0 unspecified atom stereocenters. The largest absolute Gasteiger partial charge is 0.497 e. The normalized spacial score (nSPS) is 17.6. The van der Waals surface area contributed by atoms with Gasteiger partial charge in [-0.1, -0.05) is 6.07 Å². The molecule has 110 valence electrons. The Morgan fingerprint density at radius 3 is 2.50 bits per heavy atom. The van der Waals surface area contributed by atoms with Crippen LogP contribution < -0.4 is 9.47 Å². The average Bonchev–Trinajstić information content (AvgIpc) is 2.47. The standard InChI is InChI=1S/C15H22N2O3/c1-12(15(18)17-9-7-16(2)8-10-17)20-14-6-4-5-13(11-14)19-3/h4-6,11-12H,7-10H2,1-3H3/t12-/m1/s1. The molecule has 5 nitrogen and oxygen atoms in total. The number of carbonyl (C=O) groups is 1. The van der Waals surface area contributed by atoms with E-state index in [1.807, 2.05) is 23.1 Å². The van der Waals surface area contributed by atoms with Gasteiger partial charge in [0.2, 0.25) is 0 Å². The first-order chi connectivity index (χ1) is 9.60. The molecule has 0 saturated carbocycles. The van der Waals surface area contributed by atoms with E-state index in [0.29, 0.717) is 5.75 Å². The Morgan fingerprint density at radius 1 is 1.20 bits per heavy atom. The molecule has 0 spiro atoms. The van der Waals surface area contributed by atoms with E-state index in [9.17, 15) is 4.79 Å². The molecule has 1 saturated heterocycles. The molecule has 20 heavy (non-hydrogen) atoms. The van der Waals surface area contributed by atoms with Gasteiger partial charge in [-0.2, -0.15) is 0 Å². The van der Waals surface area contributed by atoms with Crippen molar-refractivity contribution in [3.05, 3.63) is 24.3 Å². The number of likely N-dealkylation sites (N-methyl/N-ethyl adjacent to an activating group) is 1. The maximum Gasteiger partial charge on any atom is 0.263 e. The van der Waals surface area contributed by atoms with Gasteiger partial charge >= 0.3 is 0 Å². The van der Waals surface area contributed by atoms with Crippen LogP contribution in [0.4, 0.5) is 0 Å². The highest BCUT2D eigenvalue weighted by molar-refractivity contribution is 5.81. The van der Waals surface area contributed by atoms with E-state index in [2.05, 4.69) is 11.9 Å². The lowest BCUT2D eigenvalue weighted by Crippen LogP contribution is -2.50. The fourth-order valence-corrected chi connectivity index (χ4v) is 2.21. The Hall–Kier alpha value is -1.75. The molecule has 0 aliphatic carbocycles. The van der Waals surface area contributed by atoms with Crippen molar-refractivity contribution in [3.8, 4) is 11.5 Å². The SMILES string of the molecule is COc1cccc(O[C@H](C)C(=O)N2CCN(C)CC2)c1. The third-order valence-electron chi connectivity index (χ3n) is 3.52.